The summed E-state index contributed by atoms with van der Waals surface area (Å²) in [5.41, 5.74) is 2.18. The van der Waals surface area contributed by atoms with E-state index >= 15 is 0 Å². The summed E-state index contributed by atoms with van der Waals surface area (Å²) in [6.07, 6.45) is 0. The summed E-state index contributed by atoms with van der Waals surface area (Å²) >= 11 is 0. The van der Waals surface area contributed by atoms with Gasteiger partial charge >= 0.3 is 11.8 Å². The van der Waals surface area contributed by atoms with E-state index in [0.29, 0.717) is 17.6 Å². The van der Waals surface area contributed by atoms with E-state index in [2.05, 4.69) is 4.98 Å². The molecule has 0 spiro atoms. The molecule has 2 heterocycles. The van der Waals surface area contributed by atoms with Crippen LogP contribution in [0.4, 0.5) is 4.79 Å². The van der Waals surface area contributed by atoms with Crippen molar-refractivity contribution in [1.29, 1.82) is 0 Å². The molecular formula is C12H13N3O3. The highest BCUT2D eigenvalue weighted by Crippen LogP contribution is 2.28. The van der Waals surface area contributed by atoms with E-state index in [1.165, 1.54) is 0 Å². The van der Waals surface area contributed by atoms with Gasteiger partial charge in [-0.05, 0) is 17.7 Å². The summed E-state index contributed by atoms with van der Waals surface area (Å²) in [5.74, 6) is -0.463. The summed E-state index contributed by atoms with van der Waals surface area (Å²) in [6.45, 7) is 0.642. The first-order chi connectivity index (χ1) is 8.56. The molecular weight excluding hydrogens is 234 g/mol. The monoisotopic (exact) mass is 247 g/mol. The average Bonchev–Trinajstić information content (AvgIpc) is 2.82. The van der Waals surface area contributed by atoms with Crippen molar-refractivity contribution in [2.24, 2.45) is 0 Å². The Morgan fingerprint density at radius 2 is 2.11 bits per heavy atom. The molecule has 6 heteroatoms. The van der Waals surface area contributed by atoms with Crippen LogP contribution in [0.3, 0.4) is 0 Å². The maximum absolute atomic E-state index is 11.7. The van der Waals surface area contributed by atoms with Crippen LogP contribution < -0.4 is 5.76 Å². The van der Waals surface area contributed by atoms with Gasteiger partial charge in [-0.2, -0.15) is 0 Å². The second kappa shape index (κ2) is 3.63. The summed E-state index contributed by atoms with van der Waals surface area (Å²) in [6, 6.07) is 5.49. The third-order valence-electron chi connectivity index (χ3n) is 3.37. The second-order valence-electron chi connectivity index (χ2n) is 4.56. The molecule has 1 aliphatic heterocycles. The second-order valence-corrected chi connectivity index (χ2v) is 4.56. The van der Waals surface area contributed by atoms with Crippen LogP contribution in [-0.4, -0.2) is 41.5 Å². The van der Waals surface area contributed by atoms with Gasteiger partial charge in [-0.3, -0.25) is 4.98 Å². The van der Waals surface area contributed by atoms with Gasteiger partial charge in [0.05, 0.1) is 11.6 Å². The summed E-state index contributed by atoms with van der Waals surface area (Å²) in [7, 11) is 3.55. The van der Waals surface area contributed by atoms with Crippen LogP contribution in [0, 0.1) is 0 Å². The lowest BCUT2D eigenvalue weighted by Gasteiger charge is -2.17. The molecule has 1 aromatic carbocycles. The van der Waals surface area contributed by atoms with E-state index < -0.39 is 5.76 Å². The van der Waals surface area contributed by atoms with Gasteiger partial charge in [0, 0.05) is 20.6 Å². The van der Waals surface area contributed by atoms with E-state index in [4.69, 9.17) is 4.42 Å². The highest BCUT2D eigenvalue weighted by molar-refractivity contribution is 5.78. The maximum Gasteiger partial charge on any atom is 0.417 e. The van der Waals surface area contributed by atoms with Crippen molar-refractivity contribution in [3.05, 3.63) is 34.3 Å². The zero-order chi connectivity index (χ0) is 12.9. The van der Waals surface area contributed by atoms with E-state index in [1.807, 2.05) is 12.1 Å². The minimum atomic E-state index is -0.463. The van der Waals surface area contributed by atoms with Crippen molar-refractivity contribution >= 4 is 17.1 Å². The van der Waals surface area contributed by atoms with Crippen molar-refractivity contribution in [2.45, 2.75) is 6.04 Å². The Balaban J connectivity index is 2.04. The number of oxazole rings is 1. The molecule has 1 aliphatic rings. The molecule has 18 heavy (non-hydrogen) atoms. The molecule has 2 amide bonds. The number of hydrogen-bond donors (Lipinski definition) is 1. The third-order valence-corrected chi connectivity index (χ3v) is 3.37. The zero-order valence-electron chi connectivity index (χ0n) is 10.1. The number of likely N-dealkylation sites (N-methyl/N-ethyl adjacent to an activating group) is 2. The summed E-state index contributed by atoms with van der Waals surface area (Å²) in [4.78, 5) is 28.8. The predicted octanol–water partition coefficient (Wildman–Crippen LogP) is 1.16. The largest absolute Gasteiger partial charge is 0.417 e. The molecule has 1 unspecified atom stereocenters. The number of carbonyl (C=O) groups is 1. The number of benzene rings is 1. The average molecular weight is 247 g/mol. The summed E-state index contributed by atoms with van der Waals surface area (Å²) in [5, 5.41) is 0. The molecule has 3 rings (SSSR count). The molecule has 0 aliphatic carbocycles. The van der Waals surface area contributed by atoms with Gasteiger partial charge in [0.2, 0.25) is 0 Å². The van der Waals surface area contributed by atoms with Crippen molar-refractivity contribution < 1.29 is 9.21 Å². The molecule has 0 saturated carbocycles. The number of hydrogen-bond acceptors (Lipinski definition) is 3. The fourth-order valence-electron chi connectivity index (χ4n) is 2.37. The smallest absolute Gasteiger partial charge is 0.408 e. The standard InChI is InChI=1S/C12H13N3O3/c1-14-6-9(15(2)12(14)17)7-3-4-10-8(5-7)13-11(16)18-10/h3-5,9H,6H2,1-2H3,(H,13,16). The molecule has 1 aromatic heterocycles. The molecule has 0 bridgehead atoms. The Bertz CT molecular complexity index is 673. The summed E-state index contributed by atoms with van der Waals surface area (Å²) < 4.78 is 4.95. The maximum atomic E-state index is 11.7. The Hall–Kier alpha value is -2.24. The van der Waals surface area contributed by atoms with Gasteiger partial charge in [0.25, 0.3) is 0 Å². The Kier molecular flexibility index (Phi) is 2.19. The van der Waals surface area contributed by atoms with Crippen LogP contribution in [0.1, 0.15) is 11.6 Å². The number of aromatic nitrogens is 1. The number of H-pyrrole nitrogens is 1. The van der Waals surface area contributed by atoms with Crippen LogP contribution in [0.2, 0.25) is 0 Å². The van der Waals surface area contributed by atoms with Gasteiger partial charge in [-0.15, -0.1) is 0 Å². The van der Waals surface area contributed by atoms with Crippen LogP contribution in [0.5, 0.6) is 0 Å². The van der Waals surface area contributed by atoms with E-state index in [0.717, 1.165) is 5.56 Å². The first kappa shape index (κ1) is 10.9. The van der Waals surface area contributed by atoms with E-state index in [9.17, 15) is 9.59 Å². The lowest BCUT2D eigenvalue weighted by molar-refractivity contribution is 0.201. The van der Waals surface area contributed by atoms with Crippen LogP contribution in [0.25, 0.3) is 11.1 Å². The van der Waals surface area contributed by atoms with E-state index in [-0.39, 0.29) is 12.1 Å². The number of carbonyl (C=O) groups excluding carboxylic acids is 1. The van der Waals surface area contributed by atoms with Crippen LogP contribution in [0.15, 0.2) is 27.4 Å². The van der Waals surface area contributed by atoms with Gasteiger partial charge in [-0.25, -0.2) is 9.59 Å². The zero-order valence-corrected chi connectivity index (χ0v) is 10.1. The quantitative estimate of drug-likeness (QED) is 0.822. The molecule has 2 aromatic rings. The number of amides is 2. The number of urea groups is 1. The first-order valence-electron chi connectivity index (χ1n) is 5.67. The highest BCUT2D eigenvalue weighted by atomic mass is 16.4. The SMILES string of the molecule is CN1CC(c2ccc3oc(=O)[nH]c3c2)N(C)C1=O. The fraction of sp³-hybridized carbons (Fsp3) is 0.333. The van der Waals surface area contributed by atoms with Crippen molar-refractivity contribution in [3.63, 3.8) is 0 Å². The molecule has 0 radical (unpaired) electrons. The van der Waals surface area contributed by atoms with Crippen molar-refractivity contribution in [1.82, 2.24) is 14.8 Å². The fourth-order valence-corrected chi connectivity index (χ4v) is 2.37. The topological polar surface area (TPSA) is 69.6 Å². The number of fused-ring (bicyclic) bond motifs is 1. The lowest BCUT2D eigenvalue weighted by atomic mass is 10.1. The lowest BCUT2D eigenvalue weighted by Crippen LogP contribution is -2.26. The molecule has 6 nitrogen and oxygen atoms in total. The molecule has 1 fully saturated rings. The molecule has 1 atom stereocenters. The number of nitrogens with zero attached hydrogens (tertiary/aromatic N) is 2. The molecule has 1 N–H and O–H groups in total. The van der Waals surface area contributed by atoms with Gasteiger partial charge < -0.3 is 14.2 Å². The van der Waals surface area contributed by atoms with Crippen molar-refractivity contribution in [2.75, 3.05) is 20.6 Å². The minimum absolute atomic E-state index is 0.000726. The normalized spacial score (nSPS) is 20.1. The Morgan fingerprint density at radius 3 is 2.78 bits per heavy atom. The van der Waals surface area contributed by atoms with Crippen LogP contribution >= 0.6 is 0 Å². The first-order valence-corrected chi connectivity index (χ1v) is 5.67. The predicted molar refractivity (Wildman–Crippen MR) is 65.4 cm³/mol. The number of rotatable bonds is 1. The van der Waals surface area contributed by atoms with Gasteiger partial charge in [0.1, 0.15) is 0 Å². The minimum Gasteiger partial charge on any atom is -0.408 e. The third kappa shape index (κ3) is 1.49. The number of aromatic amines is 1. The van der Waals surface area contributed by atoms with Gasteiger partial charge in [0.15, 0.2) is 5.58 Å². The van der Waals surface area contributed by atoms with Crippen molar-refractivity contribution in [3.8, 4) is 0 Å². The van der Waals surface area contributed by atoms with E-state index in [1.54, 1.807) is 30.0 Å². The Labute approximate surface area is 103 Å². The molecule has 94 valence electrons. The van der Waals surface area contributed by atoms with Crippen LogP contribution in [-0.2, 0) is 0 Å². The van der Waals surface area contributed by atoms with Gasteiger partial charge in [-0.1, -0.05) is 6.07 Å². The Morgan fingerprint density at radius 1 is 1.33 bits per heavy atom. The molecule has 1 saturated heterocycles. The number of nitrogens with one attached hydrogen (secondary N) is 1. The highest BCUT2D eigenvalue weighted by Gasteiger charge is 2.33.